The fourth-order valence-corrected chi connectivity index (χ4v) is 1.81. The van der Waals surface area contributed by atoms with Gasteiger partial charge in [0.15, 0.2) is 0 Å². The highest BCUT2D eigenvalue weighted by molar-refractivity contribution is 6.20. The number of aromatic nitrogens is 1. The molecule has 0 aliphatic rings. The molecule has 88 valence electrons. The Morgan fingerprint density at radius 3 is 2.81 bits per heavy atom. The first-order valence-corrected chi connectivity index (χ1v) is 5.80. The maximum Gasteiger partial charge on any atom is 0.251 e. The lowest BCUT2D eigenvalue weighted by molar-refractivity contribution is 0.0938. The van der Waals surface area contributed by atoms with Crippen molar-refractivity contribution < 1.29 is 4.79 Å². The van der Waals surface area contributed by atoms with Crippen LogP contribution in [0.15, 0.2) is 18.3 Å². The Morgan fingerprint density at radius 2 is 2.25 bits per heavy atom. The van der Waals surface area contributed by atoms with Crippen molar-refractivity contribution in [2.24, 2.45) is 0 Å². The van der Waals surface area contributed by atoms with Crippen molar-refractivity contribution in [2.75, 3.05) is 0 Å². The summed E-state index contributed by atoms with van der Waals surface area (Å²) < 4.78 is 0. The normalized spacial score (nSPS) is 14.2. The summed E-state index contributed by atoms with van der Waals surface area (Å²) in [5.74, 6) is -0.0738. The number of amides is 1. The number of rotatable bonds is 4. The van der Waals surface area contributed by atoms with E-state index in [1.165, 1.54) is 0 Å². The van der Waals surface area contributed by atoms with Gasteiger partial charge in [0.05, 0.1) is 0 Å². The van der Waals surface area contributed by atoms with E-state index in [2.05, 4.69) is 10.3 Å². The van der Waals surface area contributed by atoms with Crippen LogP contribution in [-0.2, 0) is 0 Å². The zero-order valence-electron chi connectivity index (χ0n) is 9.83. The zero-order chi connectivity index (χ0) is 12.1. The topological polar surface area (TPSA) is 42.0 Å². The number of nitrogens with one attached hydrogen (secondary N) is 1. The number of hydrogen-bond acceptors (Lipinski definition) is 2. The third-order valence-electron chi connectivity index (χ3n) is 2.21. The van der Waals surface area contributed by atoms with Gasteiger partial charge in [0.25, 0.3) is 5.91 Å². The molecule has 0 radical (unpaired) electrons. The molecule has 0 aromatic carbocycles. The number of carbonyl (C=O) groups excluding carboxylic acids is 1. The zero-order valence-corrected chi connectivity index (χ0v) is 10.6. The van der Waals surface area contributed by atoms with Crippen LogP contribution in [0.2, 0.25) is 0 Å². The Balaban J connectivity index is 2.59. The van der Waals surface area contributed by atoms with Gasteiger partial charge in [-0.05, 0) is 39.3 Å². The summed E-state index contributed by atoms with van der Waals surface area (Å²) in [6.07, 6.45) is 2.40. The van der Waals surface area contributed by atoms with Gasteiger partial charge in [0.1, 0.15) is 0 Å². The molecule has 0 saturated heterocycles. The van der Waals surface area contributed by atoms with Crippen LogP contribution in [-0.4, -0.2) is 22.3 Å². The SMILES string of the molecule is Cc1cc(C(=O)NC(C)CC(C)Cl)ccn1. The quantitative estimate of drug-likeness (QED) is 0.822. The molecule has 1 heterocycles. The van der Waals surface area contributed by atoms with Crippen LogP contribution >= 0.6 is 11.6 Å². The molecule has 0 fully saturated rings. The van der Waals surface area contributed by atoms with Crippen molar-refractivity contribution >= 4 is 17.5 Å². The molecule has 0 aliphatic heterocycles. The van der Waals surface area contributed by atoms with Gasteiger partial charge in [0.2, 0.25) is 0 Å². The lowest BCUT2D eigenvalue weighted by Crippen LogP contribution is -2.33. The van der Waals surface area contributed by atoms with Crippen LogP contribution in [0.4, 0.5) is 0 Å². The predicted octanol–water partition coefficient (Wildman–Crippen LogP) is 2.53. The monoisotopic (exact) mass is 240 g/mol. The van der Waals surface area contributed by atoms with E-state index in [1.54, 1.807) is 18.3 Å². The fourth-order valence-electron chi connectivity index (χ4n) is 1.54. The predicted molar refractivity (Wildman–Crippen MR) is 65.8 cm³/mol. The highest BCUT2D eigenvalue weighted by Crippen LogP contribution is 2.06. The summed E-state index contributed by atoms with van der Waals surface area (Å²) in [4.78, 5) is 15.9. The molecule has 1 rings (SSSR count). The minimum Gasteiger partial charge on any atom is -0.350 e. The average molecular weight is 241 g/mol. The molecule has 4 heteroatoms. The van der Waals surface area contributed by atoms with E-state index >= 15 is 0 Å². The average Bonchev–Trinajstić information content (AvgIpc) is 2.16. The van der Waals surface area contributed by atoms with Crippen molar-refractivity contribution in [2.45, 2.75) is 38.6 Å². The van der Waals surface area contributed by atoms with E-state index in [9.17, 15) is 4.79 Å². The van der Waals surface area contributed by atoms with Crippen LogP contribution in [0.25, 0.3) is 0 Å². The molecule has 2 atom stereocenters. The number of hydrogen-bond donors (Lipinski definition) is 1. The molecular formula is C12H17ClN2O. The van der Waals surface area contributed by atoms with E-state index in [0.717, 1.165) is 12.1 Å². The van der Waals surface area contributed by atoms with Gasteiger partial charge < -0.3 is 5.32 Å². The van der Waals surface area contributed by atoms with Gasteiger partial charge in [-0.25, -0.2) is 0 Å². The standard InChI is InChI=1S/C12H17ClN2O/c1-8(13)6-10(3)15-12(16)11-4-5-14-9(2)7-11/h4-5,7-8,10H,6H2,1-3H3,(H,15,16). The lowest BCUT2D eigenvalue weighted by atomic mass is 10.1. The molecular weight excluding hydrogens is 224 g/mol. The van der Waals surface area contributed by atoms with Crippen molar-refractivity contribution in [1.29, 1.82) is 0 Å². The lowest BCUT2D eigenvalue weighted by Gasteiger charge is -2.15. The fraction of sp³-hybridized carbons (Fsp3) is 0.500. The Hall–Kier alpha value is -1.09. The smallest absolute Gasteiger partial charge is 0.251 e. The Morgan fingerprint density at radius 1 is 1.56 bits per heavy atom. The molecule has 0 spiro atoms. The van der Waals surface area contributed by atoms with E-state index in [0.29, 0.717) is 5.56 Å². The molecule has 1 amide bonds. The molecule has 0 saturated carbocycles. The number of halogens is 1. The van der Waals surface area contributed by atoms with E-state index in [-0.39, 0.29) is 17.3 Å². The number of alkyl halides is 1. The number of nitrogens with zero attached hydrogens (tertiary/aromatic N) is 1. The summed E-state index contributed by atoms with van der Waals surface area (Å²) in [6, 6.07) is 3.55. The second kappa shape index (κ2) is 5.85. The summed E-state index contributed by atoms with van der Waals surface area (Å²) in [5, 5.41) is 2.97. The second-order valence-electron chi connectivity index (χ2n) is 4.08. The Labute approximate surface area is 101 Å². The minimum atomic E-state index is -0.0738. The summed E-state index contributed by atoms with van der Waals surface area (Å²) in [7, 11) is 0. The van der Waals surface area contributed by atoms with Crippen molar-refractivity contribution in [3.05, 3.63) is 29.6 Å². The number of pyridine rings is 1. The van der Waals surface area contributed by atoms with Crippen molar-refractivity contribution in [3.63, 3.8) is 0 Å². The van der Waals surface area contributed by atoms with E-state index in [4.69, 9.17) is 11.6 Å². The summed E-state index contributed by atoms with van der Waals surface area (Å²) in [6.45, 7) is 5.73. The highest BCUT2D eigenvalue weighted by atomic mass is 35.5. The molecule has 0 bridgehead atoms. The molecule has 16 heavy (non-hydrogen) atoms. The first-order chi connectivity index (χ1) is 7.49. The summed E-state index contributed by atoms with van der Waals surface area (Å²) in [5.41, 5.74) is 1.48. The van der Waals surface area contributed by atoms with E-state index in [1.807, 2.05) is 20.8 Å². The Kier molecular flexibility index (Phi) is 4.74. The van der Waals surface area contributed by atoms with Gasteiger partial charge in [-0.1, -0.05) is 0 Å². The van der Waals surface area contributed by atoms with Crippen LogP contribution in [0, 0.1) is 6.92 Å². The molecule has 0 aliphatic carbocycles. The summed E-state index contributed by atoms with van der Waals surface area (Å²) >= 11 is 5.87. The molecule has 1 aromatic rings. The third-order valence-corrected chi connectivity index (χ3v) is 2.39. The Bertz CT molecular complexity index is 366. The van der Waals surface area contributed by atoms with Gasteiger partial charge in [-0.3, -0.25) is 9.78 Å². The maximum atomic E-state index is 11.8. The number of aryl methyl sites for hydroxylation is 1. The highest BCUT2D eigenvalue weighted by Gasteiger charge is 2.11. The minimum absolute atomic E-state index is 0.0643. The van der Waals surface area contributed by atoms with Crippen LogP contribution in [0.5, 0.6) is 0 Å². The first kappa shape index (κ1) is 13.0. The largest absolute Gasteiger partial charge is 0.350 e. The molecule has 2 unspecified atom stereocenters. The van der Waals surface area contributed by atoms with Gasteiger partial charge in [-0.2, -0.15) is 0 Å². The first-order valence-electron chi connectivity index (χ1n) is 5.36. The van der Waals surface area contributed by atoms with Crippen LogP contribution < -0.4 is 5.32 Å². The van der Waals surface area contributed by atoms with Gasteiger partial charge in [-0.15, -0.1) is 11.6 Å². The third kappa shape index (κ3) is 4.19. The van der Waals surface area contributed by atoms with Crippen LogP contribution in [0.3, 0.4) is 0 Å². The van der Waals surface area contributed by atoms with Crippen molar-refractivity contribution in [3.8, 4) is 0 Å². The van der Waals surface area contributed by atoms with Crippen LogP contribution in [0.1, 0.15) is 36.3 Å². The second-order valence-corrected chi connectivity index (χ2v) is 4.82. The maximum absolute atomic E-state index is 11.8. The van der Waals surface area contributed by atoms with Gasteiger partial charge in [0, 0.05) is 28.9 Å². The van der Waals surface area contributed by atoms with Crippen molar-refractivity contribution in [1.82, 2.24) is 10.3 Å². The molecule has 1 aromatic heterocycles. The molecule has 1 N–H and O–H groups in total. The number of carbonyl (C=O) groups is 1. The van der Waals surface area contributed by atoms with E-state index < -0.39 is 0 Å². The molecule has 3 nitrogen and oxygen atoms in total. The van der Waals surface area contributed by atoms with Gasteiger partial charge >= 0.3 is 0 Å².